The van der Waals surface area contributed by atoms with Crippen molar-refractivity contribution < 1.29 is 9.59 Å². The van der Waals surface area contributed by atoms with Crippen molar-refractivity contribution in [2.45, 2.75) is 31.6 Å². The van der Waals surface area contributed by atoms with E-state index in [2.05, 4.69) is 76.9 Å². The molecule has 0 bridgehead atoms. The molecule has 2 aliphatic rings. The number of carbonyl (C=O) groups excluding carboxylic acids is 2. The summed E-state index contributed by atoms with van der Waals surface area (Å²) in [6, 6.07) is 42.9. The van der Waals surface area contributed by atoms with Crippen molar-refractivity contribution >= 4 is 23.1 Å². The fraction of sp³-hybridized carbons (Fsp3) is 0.200. The average Bonchev–Trinajstić information content (AvgIpc) is 3.46. The van der Waals surface area contributed by atoms with Gasteiger partial charge < -0.3 is 10.2 Å². The third kappa shape index (κ3) is 5.68. The second-order valence-electron chi connectivity index (χ2n) is 12.0. The molecule has 1 aliphatic heterocycles. The minimum Gasteiger partial charge on any atom is -0.372 e. The first-order chi connectivity index (χ1) is 21.6. The zero-order chi connectivity index (χ0) is 29.9. The number of nitrogens with zero attached hydrogens (tertiary/aromatic N) is 1. The van der Waals surface area contributed by atoms with Gasteiger partial charge in [0.1, 0.15) is 0 Å². The molecule has 1 atom stereocenters. The monoisotopic (exact) mass is 576 g/mol. The Hall–Kier alpha value is -4.96. The molecule has 0 spiro atoms. The Labute approximate surface area is 259 Å². The quantitative estimate of drug-likeness (QED) is 0.185. The van der Waals surface area contributed by atoms with Gasteiger partial charge in [-0.25, -0.2) is 0 Å². The van der Waals surface area contributed by atoms with Gasteiger partial charge in [0.25, 0.3) is 0 Å². The zero-order valence-corrected chi connectivity index (χ0v) is 24.8. The molecule has 44 heavy (non-hydrogen) atoms. The summed E-state index contributed by atoms with van der Waals surface area (Å²) in [5.41, 5.74) is 9.75. The number of Topliss-reactive ketones (excluding diaryl/α,β-unsaturated/α-hetero) is 1. The van der Waals surface area contributed by atoms with Crippen LogP contribution in [0.1, 0.15) is 51.4 Å². The third-order valence-corrected chi connectivity index (χ3v) is 9.28. The molecule has 1 fully saturated rings. The molecule has 1 amide bonds. The molecule has 1 N–H and O–H groups in total. The van der Waals surface area contributed by atoms with Crippen molar-refractivity contribution in [1.29, 1.82) is 0 Å². The minimum absolute atomic E-state index is 0.0578. The summed E-state index contributed by atoms with van der Waals surface area (Å²) in [5.74, 6) is 0.278. The number of rotatable bonds is 8. The molecule has 1 aliphatic carbocycles. The average molecular weight is 577 g/mol. The number of amides is 1. The van der Waals surface area contributed by atoms with Crippen molar-refractivity contribution in [3.8, 4) is 11.1 Å². The van der Waals surface area contributed by atoms with E-state index in [-0.39, 0.29) is 23.5 Å². The summed E-state index contributed by atoms with van der Waals surface area (Å²) in [6.07, 6.45) is 3.14. The largest absolute Gasteiger partial charge is 0.372 e. The standard InChI is InChI=1S/C40H36N2O2/c43-37(36-17-9-13-32-27-31-12-7-8-16-35(31)39(32)36)26-28-18-20-34(21-19-28)42-24-22-30(23-25-42)38(29-10-3-1-4-11-29)40(44)41-33-14-5-2-6-15-33/h1-21,30,38H,22-27H2,(H,41,44). The first-order valence-electron chi connectivity index (χ1n) is 15.6. The van der Waals surface area contributed by atoms with Gasteiger partial charge >= 0.3 is 0 Å². The molecule has 1 heterocycles. The van der Waals surface area contributed by atoms with Gasteiger partial charge in [0, 0.05) is 36.4 Å². The van der Waals surface area contributed by atoms with Gasteiger partial charge in [-0.15, -0.1) is 0 Å². The van der Waals surface area contributed by atoms with Crippen LogP contribution < -0.4 is 10.2 Å². The maximum atomic E-state index is 13.6. The SMILES string of the molecule is O=C(Cc1ccc(N2CCC(C(C(=O)Nc3ccccc3)c3ccccc3)CC2)cc1)c1cccc2c1-c1ccccc1C2. The second-order valence-corrected chi connectivity index (χ2v) is 12.0. The van der Waals surface area contributed by atoms with Crippen LogP contribution in [-0.4, -0.2) is 24.8 Å². The van der Waals surface area contributed by atoms with Gasteiger partial charge in [0.15, 0.2) is 5.78 Å². The van der Waals surface area contributed by atoms with Crippen molar-refractivity contribution in [2.24, 2.45) is 5.92 Å². The van der Waals surface area contributed by atoms with Crippen LogP contribution in [0.15, 0.2) is 127 Å². The molecule has 5 aromatic rings. The van der Waals surface area contributed by atoms with Crippen LogP contribution in [0.4, 0.5) is 11.4 Å². The number of nitrogens with one attached hydrogen (secondary N) is 1. The first kappa shape index (κ1) is 27.8. The number of carbonyl (C=O) groups is 2. The van der Waals surface area contributed by atoms with Crippen molar-refractivity contribution in [3.05, 3.63) is 155 Å². The van der Waals surface area contributed by atoms with Gasteiger partial charge in [-0.2, -0.15) is 0 Å². The van der Waals surface area contributed by atoms with Crippen molar-refractivity contribution in [2.75, 3.05) is 23.3 Å². The van der Waals surface area contributed by atoms with E-state index in [9.17, 15) is 9.59 Å². The summed E-state index contributed by atoms with van der Waals surface area (Å²) < 4.78 is 0. The van der Waals surface area contributed by atoms with Crippen LogP contribution in [0, 0.1) is 5.92 Å². The fourth-order valence-electron chi connectivity index (χ4n) is 7.06. The van der Waals surface area contributed by atoms with Crippen molar-refractivity contribution in [1.82, 2.24) is 0 Å². The predicted octanol–water partition coefficient (Wildman–Crippen LogP) is 8.32. The zero-order valence-electron chi connectivity index (χ0n) is 24.8. The summed E-state index contributed by atoms with van der Waals surface area (Å²) in [4.78, 5) is 29.5. The lowest BCUT2D eigenvalue weighted by Gasteiger charge is -2.37. The van der Waals surface area contributed by atoms with E-state index in [1.165, 1.54) is 22.4 Å². The highest BCUT2D eigenvalue weighted by molar-refractivity contribution is 6.05. The highest BCUT2D eigenvalue weighted by Crippen LogP contribution is 2.39. The van der Waals surface area contributed by atoms with Crippen LogP contribution in [-0.2, 0) is 17.6 Å². The van der Waals surface area contributed by atoms with E-state index in [4.69, 9.17) is 0 Å². The first-order valence-corrected chi connectivity index (χ1v) is 15.6. The molecular weight excluding hydrogens is 540 g/mol. The highest BCUT2D eigenvalue weighted by atomic mass is 16.2. The maximum Gasteiger partial charge on any atom is 0.232 e. The number of piperidine rings is 1. The number of fused-ring (bicyclic) bond motifs is 3. The number of anilines is 2. The smallest absolute Gasteiger partial charge is 0.232 e. The number of benzene rings is 5. The molecule has 1 unspecified atom stereocenters. The predicted molar refractivity (Wildman–Crippen MR) is 178 cm³/mol. The molecule has 4 nitrogen and oxygen atoms in total. The number of ketones is 1. The second kappa shape index (κ2) is 12.3. The highest BCUT2D eigenvalue weighted by Gasteiger charge is 2.33. The normalized spacial score (nSPS) is 14.9. The molecule has 0 saturated carbocycles. The summed E-state index contributed by atoms with van der Waals surface area (Å²) in [6.45, 7) is 1.78. The lowest BCUT2D eigenvalue weighted by atomic mass is 9.79. The fourth-order valence-corrected chi connectivity index (χ4v) is 7.06. The van der Waals surface area contributed by atoms with E-state index in [0.29, 0.717) is 6.42 Å². The topological polar surface area (TPSA) is 49.4 Å². The Kier molecular flexibility index (Phi) is 7.81. The van der Waals surface area contributed by atoms with Gasteiger partial charge in [0.05, 0.1) is 5.92 Å². The summed E-state index contributed by atoms with van der Waals surface area (Å²) in [7, 11) is 0. The number of para-hydroxylation sites is 1. The summed E-state index contributed by atoms with van der Waals surface area (Å²) >= 11 is 0. The molecule has 0 aromatic heterocycles. The Balaban J connectivity index is 1.01. The lowest BCUT2D eigenvalue weighted by molar-refractivity contribution is -0.118. The Morgan fingerprint density at radius 1 is 0.705 bits per heavy atom. The van der Waals surface area contributed by atoms with Crippen LogP contribution in [0.25, 0.3) is 11.1 Å². The van der Waals surface area contributed by atoms with Crippen LogP contribution >= 0.6 is 0 Å². The van der Waals surface area contributed by atoms with Crippen LogP contribution in [0.3, 0.4) is 0 Å². The van der Waals surface area contributed by atoms with E-state index in [0.717, 1.165) is 60.3 Å². The Morgan fingerprint density at radius 2 is 1.36 bits per heavy atom. The molecule has 7 rings (SSSR count). The van der Waals surface area contributed by atoms with Crippen molar-refractivity contribution in [3.63, 3.8) is 0 Å². The number of hydrogen-bond acceptors (Lipinski definition) is 3. The van der Waals surface area contributed by atoms with Crippen LogP contribution in [0.2, 0.25) is 0 Å². The third-order valence-electron chi connectivity index (χ3n) is 9.28. The molecule has 1 saturated heterocycles. The van der Waals surface area contributed by atoms with E-state index >= 15 is 0 Å². The molecular formula is C40H36N2O2. The molecule has 218 valence electrons. The molecule has 5 aromatic carbocycles. The molecule has 4 heteroatoms. The van der Waals surface area contributed by atoms with Gasteiger partial charge in [-0.1, -0.05) is 103 Å². The number of hydrogen-bond donors (Lipinski definition) is 1. The minimum atomic E-state index is -0.196. The van der Waals surface area contributed by atoms with Gasteiger partial charge in [0.2, 0.25) is 5.91 Å². The lowest BCUT2D eigenvalue weighted by Crippen LogP contribution is -2.38. The summed E-state index contributed by atoms with van der Waals surface area (Å²) in [5, 5.41) is 3.15. The van der Waals surface area contributed by atoms with E-state index in [1.54, 1.807) is 0 Å². The van der Waals surface area contributed by atoms with Crippen LogP contribution in [0.5, 0.6) is 0 Å². The van der Waals surface area contributed by atoms with Gasteiger partial charge in [-0.05, 0) is 82.8 Å². The Morgan fingerprint density at radius 3 is 2.11 bits per heavy atom. The van der Waals surface area contributed by atoms with E-state index in [1.807, 2.05) is 60.7 Å². The van der Waals surface area contributed by atoms with E-state index < -0.39 is 0 Å². The van der Waals surface area contributed by atoms with Gasteiger partial charge in [-0.3, -0.25) is 9.59 Å². The Bertz CT molecular complexity index is 1770. The molecule has 0 radical (unpaired) electrons. The maximum absolute atomic E-state index is 13.6.